The second-order valence-electron chi connectivity index (χ2n) is 18.6. The van der Waals surface area contributed by atoms with Crippen LogP contribution >= 0.6 is 0 Å². The van der Waals surface area contributed by atoms with Gasteiger partial charge in [-0.2, -0.15) is 0 Å². The van der Waals surface area contributed by atoms with Crippen molar-refractivity contribution < 1.29 is 0 Å². The molecular weight excluding hydrogens is 897 g/mol. The van der Waals surface area contributed by atoms with Crippen molar-refractivity contribution in [1.82, 2.24) is 0 Å². The van der Waals surface area contributed by atoms with E-state index in [2.05, 4.69) is 302 Å². The zero-order chi connectivity index (χ0) is 50.6. The van der Waals surface area contributed by atoms with Crippen LogP contribution in [0.1, 0.15) is 22.3 Å². The summed E-state index contributed by atoms with van der Waals surface area (Å²) in [6.45, 7) is 8.52. The van der Waals surface area contributed by atoms with Gasteiger partial charge in [-0.1, -0.05) is 168 Å². The number of aryl methyl sites for hydroxylation is 4. The molecule has 0 radical (unpaired) electrons. The Balaban J connectivity index is 0.000000975. The van der Waals surface area contributed by atoms with Crippen molar-refractivity contribution in [3.05, 3.63) is 313 Å². The summed E-state index contributed by atoms with van der Waals surface area (Å²) in [6, 6.07) is 104. The predicted octanol–water partition coefficient (Wildman–Crippen LogP) is 20.2. The summed E-state index contributed by atoms with van der Waals surface area (Å²) in [5.41, 5.74) is 20.5. The number of rotatable bonds is 13. The number of benzene rings is 11. The summed E-state index contributed by atoms with van der Waals surface area (Å²) in [4.78, 5) is 9.28. The zero-order valence-corrected chi connectivity index (χ0v) is 42.5. The molecule has 0 saturated heterocycles. The predicted molar refractivity (Wildman–Crippen MR) is 316 cm³/mol. The van der Waals surface area contributed by atoms with Crippen molar-refractivity contribution in [1.29, 1.82) is 0 Å². The molecule has 0 saturated carbocycles. The Morgan fingerprint density at radius 2 is 0.284 bits per heavy atom. The van der Waals surface area contributed by atoms with Crippen molar-refractivity contribution >= 4 is 68.2 Å². The van der Waals surface area contributed by atoms with E-state index in [1.54, 1.807) is 0 Å². The lowest BCUT2D eigenvalue weighted by atomic mass is 10.0. The van der Waals surface area contributed by atoms with E-state index in [4.69, 9.17) is 0 Å². The average Bonchev–Trinajstić information content (AvgIpc) is 3.46. The van der Waals surface area contributed by atoms with E-state index in [0.29, 0.717) is 0 Å². The molecule has 0 aliphatic carbocycles. The third kappa shape index (κ3) is 11.4. The van der Waals surface area contributed by atoms with Gasteiger partial charge in [0.15, 0.2) is 0 Å². The molecular formula is C70H60N4. The summed E-state index contributed by atoms with van der Waals surface area (Å²) >= 11 is 0. The Morgan fingerprint density at radius 1 is 0.149 bits per heavy atom. The van der Waals surface area contributed by atoms with Crippen molar-refractivity contribution in [2.24, 2.45) is 0 Å². The largest absolute Gasteiger partial charge is 0.311 e. The maximum atomic E-state index is 2.32. The molecule has 0 atom stereocenters. The summed E-state index contributed by atoms with van der Waals surface area (Å²) in [6.07, 6.45) is 0. The standard InChI is InChI=1S/C64H54N4.C6H6/c1-47-15-27-55(28-16-47)67(56-29-17-48(2)18-30-56)63-43-39-61(40-44-63)65(53-11-7-5-8-12-53)59-35-23-51(24-36-59)52-25-37-60(38-26-52)66(54-13-9-6-10-14-54)62-41-45-64(46-42-62)68(57-31-19-49(3)20-32-57)58-33-21-50(4)22-34-58;1-2-4-6-5-3-1/h5-46H,1-4H3;1-6H. The minimum absolute atomic E-state index is 1.08. The fraction of sp³-hybridized carbons (Fsp3) is 0.0571. The maximum Gasteiger partial charge on any atom is 0.0463 e. The van der Waals surface area contributed by atoms with Gasteiger partial charge in [0.2, 0.25) is 0 Å². The van der Waals surface area contributed by atoms with Crippen LogP contribution in [-0.2, 0) is 0 Å². The highest BCUT2D eigenvalue weighted by molar-refractivity contribution is 5.84. The molecule has 0 aliphatic rings. The molecule has 360 valence electrons. The average molecular weight is 957 g/mol. The van der Waals surface area contributed by atoms with Gasteiger partial charge in [-0.15, -0.1) is 0 Å². The highest BCUT2D eigenvalue weighted by Crippen LogP contribution is 2.42. The molecule has 74 heavy (non-hydrogen) atoms. The molecule has 0 aliphatic heterocycles. The number of anilines is 12. The van der Waals surface area contributed by atoms with Crippen molar-refractivity contribution in [3.63, 3.8) is 0 Å². The lowest BCUT2D eigenvalue weighted by Gasteiger charge is -2.29. The number of hydrogen-bond acceptors (Lipinski definition) is 4. The second-order valence-corrected chi connectivity index (χ2v) is 18.6. The summed E-state index contributed by atoms with van der Waals surface area (Å²) < 4.78 is 0. The van der Waals surface area contributed by atoms with E-state index < -0.39 is 0 Å². The van der Waals surface area contributed by atoms with E-state index >= 15 is 0 Å². The molecule has 0 fully saturated rings. The highest BCUT2D eigenvalue weighted by Gasteiger charge is 2.19. The molecule has 0 spiro atoms. The monoisotopic (exact) mass is 956 g/mol. The van der Waals surface area contributed by atoms with Crippen LogP contribution in [0, 0.1) is 27.7 Å². The third-order valence-electron chi connectivity index (χ3n) is 13.2. The Bertz CT molecular complexity index is 3110. The number of nitrogens with zero attached hydrogens (tertiary/aromatic N) is 4. The quantitative estimate of drug-likeness (QED) is 0.114. The van der Waals surface area contributed by atoms with Gasteiger partial charge in [-0.05, 0) is 184 Å². The fourth-order valence-electron chi connectivity index (χ4n) is 9.21. The lowest BCUT2D eigenvalue weighted by molar-refractivity contribution is 1.25. The van der Waals surface area contributed by atoms with E-state index in [1.807, 2.05) is 36.4 Å². The minimum Gasteiger partial charge on any atom is -0.311 e. The third-order valence-corrected chi connectivity index (χ3v) is 13.2. The molecule has 0 amide bonds. The van der Waals surface area contributed by atoms with Gasteiger partial charge in [0, 0.05) is 68.2 Å². The van der Waals surface area contributed by atoms with Crippen molar-refractivity contribution in [2.45, 2.75) is 27.7 Å². The Labute approximate surface area is 438 Å². The minimum atomic E-state index is 1.08. The highest BCUT2D eigenvalue weighted by atomic mass is 15.2. The van der Waals surface area contributed by atoms with Crippen LogP contribution in [0.3, 0.4) is 0 Å². The first kappa shape index (κ1) is 48.3. The number of hydrogen-bond donors (Lipinski definition) is 0. The van der Waals surface area contributed by atoms with Crippen molar-refractivity contribution in [2.75, 3.05) is 19.6 Å². The van der Waals surface area contributed by atoms with E-state index in [-0.39, 0.29) is 0 Å². The van der Waals surface area contributed by atoms with Gasteiger partial charge in [0.1, 0.15) is 0 Å². The van der Waals surface area contributed by atoms with Crippen LogP contribution < -0.4 is 19.6 Å². The SMILES string of the molecule is Cc1ccc(N(c2ccc(C)cc2)c2ccc(N(c3ccccc3)c3ccc(-c4ccc(N(c5ccccc5)c5ccc(N(c6ccc(C)cc6)c6ccc(C)cc6)cc5)cc4)cc3)cc2)cc1.c1ccccc1. The van der Waals surface area contributed by atoms with Crippen LogP contribution in [0.25, 0.3) is 11.1 Å². The normalized spacial score (nSPS) is 10.7. The van der Waals surface area contributed by atoms with Crippen LogP contribution in [-0.4, -0.2) is 0 Å². The molecule has 11 aromatic rings. The molecule has 4 heteroatoms. The second kappa shape index (κ2) is 22.8. The molecule has 11 rings (SSSR count). The number of para-hydroxylation sites is 2. The lowest BCUT2D eigenvalue weighted by Crippen LogP contribution is -2.12. The molecule has 0 heterocycles. The van der Waals surface area contributed by atoms with E-state index in [9.17, 15) is 0 Å². The smallest absolute Gasteiger partial charge is 0.0463 e. The topological polar surface area (TPSA) is 13.0 Å². The first-order chi connectivity index (χ1) is 36.3. The Kier molecular flexibility index (Phi) is 14.9. The van der Waals surface area contributed by atoms with Gasteiger partial charge in [-0.3, -0.25) is 0 Å². The molecule has 11 aromatic carbocycles. The van der Waals surface area contributed by atoms with E-state index in [0.717, 1.165) is 79.4 Å². The van der Waals surface area contributed by atoms with Gasteiger partial charge in [0.25, 0.3) is 0 Å². The van der Waals surface area contributed by atoms with Gasteiger partial charge < -0.3 is 19.6 Å². The Morgan fingerprint density at radius 3 is 0.473 bits per heavy atom. The van der Waals surface area contributed by atoms with Crippen LogP contribution in [0.15, 0.2) is 291 Å². The molecule has 4 nitrogen and oxygen atoms in total. The first-order valence-corrected chi connectivity index (χ1v) is 25.3. The van der Waals surface area contributed by atoms with Crippen LogP contribution in [0.4, 0.5) is 68.2 Å². The van der Waals surface area contributed by atoms with Crippen molar-refractivity contribution in [3.8, 4) is 11.1 Å². The molecule has 0 bridgehead atoms. The molecule has 0 unspecified atom stereocenters. The summed E-state index contributed by atoms with van der Waals surface area (Å²) in [5, 5.41) is 0. The first-order valence-electron chi connectivity index (χ1n) is 25.3. The Hall–Kier alpha value is -9.38. The fourth-order valence-corrected chi connectivity index (χ4v) is 9.21. The molecule has 0 aromatic heterocycles. The zero-order valence-electron chi connectivity index (χ0n) is 42.5. The van der Waals surface area contributed by atoms with Crippen LogP contribution in [0.5, 0.6) is 0 Å². The van der Waals surface area contributed by atoms with Gasteiger partial charge in [0.05, 0.1) is 0 Å². The van der Waals surface area contributed by atoms with Gasteiger partial charge >= 0.3 is 0 Å². The van der Waals surface area contributed by atoms with E-state index in [1.165, 1.54) is 22.3 Å². The van der Waals surface area contributed by atoms with Gasteiger partial charge in [-0.25, -0.2) is 0 Å². The summed E-state index contributed by atoms with van der Waals surface area (Å²) in [7, 11) is 0. The summed E-state index contributed by atoms with van der Waals surface area (Å²) in [5.74, 6) is 0. The maximum absolute atomic E-state index is 2.32. The van der Waals surface area contributed by atoms with Crippen LogP contribution in [0.2, 0.25) is 0 Å². The molecule has 0 N–H and O–H groups in total.